The number of ether oxygens (including phenoxy) is 1. The maximum atomic E-state index is 12.1. The van der Waals surface area contributed by atoms with Crippen molar-refractivity contribution in [3.63, 3.8) is 0 Å². The monoisotopic (exact) mass is 300 g/mol. The normalized spacial score (nSPS) is 10.2. The van der Waals surface area contributed by atoms with E-state index in [-0.39, 0.29) is 13.2 Å². The molecule has 2 N–H and O–H groups in total. The van der Waals surface area contributed by atoms with Gasteiger partial charge in [-0.05, 0) is 24.6 Å². The van der Waals surface area contributed by atoms with E-state index in [2.05, 4.69) is 5.32 Å². The Bertz CT molecular complexity index is 493. The maximum absolute atomic E-state index is 12.1. The summed E-state index contributed by atoms with van der Waals surface area (Å²) in [5.41, 5.74) is 1.39. The van der Waals surface area contributed by atoms with Crippen molar-refractivity contribution in [1.29, 1.82) is 0 Å². The number of aliphatic carboxylic acids is 1. The number of urea groups is 1. The molecular weight excluding hydrogens is 284 g/mol. The van der Waals surface area contributed by atoms with Crippen LogP contribution in [-0.2, 0) is 9.53 Å². The Balaban J connectivity index is 2.78. The molecule has 0 aliphatic carbocycles. The van der Waals surface area contributed by atoms with Gasteiger partial charge >= 0.3 is 12.0 Å². The molecule has 0 atom stereocenters. The van der Waals surface area contributed by atoms with Gasteiger partial charge in [-0.1, -0.05) is 17.7 Å². The second-order valence-electron chi connectivity index (χ2n) is 4.22. The first-order valence-electron chi connectivity index (χ1n) is 5.97. The van der Waals surface area contributed by atoms with Gasteiger partial charge in [-0.2, -0.15) is 0 Å². The molecule has 0 aliphatic heterocycles. The molecule has 0 spiro atoms. The number of carbonyl (C=O) groups excluding carboxylic acids is 1. The van der Waals surface area contributed by atoms with Crippen LogP contribution in [0.3, 0.4) is 0 Å². The number of carbonyl (C=O) groups is 2. The number of nitrogens with one attached hydrogen (secondary N) is 1. The summed E-state index contributed by atoms with van der Waals surface area (Å²) in [4.78, 5) is 24.0. The minimum atomic E-state index is -1.09. The third-order valence-electron chi connectivity index (χ3n) is 2.54. The molecule has 6 nitrogen and oxygen atoms in total. The molecule has 1 rings (SSSR count). The number of anilines is 1. The highest BCUT2D eigenvalue weighted by molar-refractivity contribution is 6.33. The fraction of sp³-hybridized carbons (Fsp3) is 0.385. The minimum absolute atomic E-state index is 0.179. The van der Waals surface area contributed by atoms with E-state index in [1.165, 1.54) is 7.11 Å². The quantitative estimate of drug-likeness (QED) is 0.844. The van der Waals surface area contributed by atoms with E-state index in [1.807, 2.05) is 13.0 Å². The first-order valence-corrected chi connectivity index (χ1v) is 6.34. The second-order valence-corrected chi connectivity index (χ2v) is 4.63. The molecule has 0 radical (unpaired) electrons. The van der Waals surface area contributed by atoms with Gasteiger partial charge in [-0.3, -0.25) is 4.79 Å². The molecule has 110 valence electrons. The highest BCUT2D eigenvalue weighted by atomic mass is 35.5. The van der Waals surface area contributed by atoms with Crippen molar-refractivity contribution in [2.45, 2.75) is 6.92 Å². The van der Waals surface area contributed by atoms with E-state index < -0.39 is 18.5 Å². The third-order valence-corrected chi connectivity index (χ3v) is 2.87. The molecule has 0 aliphatic rings. The summed E-state index contributed by atoms with van der Waals surface area (Å²) >= 11 is 5.98. The second kappa shape index (κ2) is 7.72. The van der Waals surface area contributed by atoms with Crippen LogP contribution in [0, 0.1) is 6.92 Å². The first-order chi connectivity index (χ1) is 9.43. The van der Waals surface area contributed by atoms with Crippen molar-refractivity contribution in [1.82, 2.24) is 4.90 Å². The highest BCUT2D eigenvalue weighted by Gasteiger charge is 2.17. The molecule has 0 unspecified atom stereocenters. The van der Waals surface area contributed by atoms with E-state index in [1.54, 1.807) is 12.1 Å². The van der Waals surface area contributed by atoms with E-state index in [0.717, 1.165) is 10.5 Å². The largest absolute Gasteiger partial charge is 0.480 e. The van der Waals surface area contributed by atoms with Gasteiger partial charge < -0.3 is 20.1 Å². The van der Waals surface area contributed by atoms with Gasteiger partial charge in [-0.25, -0.2) is 4.79 Å². The summed E-state index contributed by atoms with van der Waals surface area (Å²) in [6.45, 7) is 1.89. The Kier molecular flexibility index (Phi) is 6.27. The number of aryl methyl sites for hydroxylation is 1. The molecule has 0 bridgehead atoms. The van der Waals surface area contributed by atoms with Crippen molar-refractivity contribution < 1.29 is 19.4 Å². The van der Waals surface area contributed by atoms with Crippen LogP contribution in [0.15, 0.2) is 18.2 Å². The number of methoxy groups -OCH3 is 1. The summed E-state index contributed by atoms with van der Waals surface area (Å²) in [6, 6.07) is 4.67. The molecule has 0 aromatic heterocycles. The number of hydrogen-bond acceptors (Lipinski definition) is 3. The first kappa shape index (κ1) is 16.3. The molecule has 1 aromatic carbocycles. The highest BCUT2D eigenvalue weighted by Crippen LogP contribution is 2.22. The zero-order chi connectivity index (χ0) is 15.1. The summed E-state index contributed by atoms with van der Waals surface area (Å²) in [5.74, 6) is -1.09. The van der Waals surface area contributed by atoms with Gasteiger partial charge in [-0.15, -0.1) is 0 Å². The van der Waals surface area contributed by atoms with Crippen LogP contribution in [-0.4, -0.2) is 48.8 Å². The van der Waals surface area contributed by atoms with Crippen molar-refractivity contribution >= 4 is 29.3 Å². The molecule has 1 aromatic rings. The smallest absolute Gasteiger partial charge is 0.323 e. The number of hydrogen-bond donors (Lipinski definition) is 2. The average molecular weight is 301 g/mol. The molecule has 20 heavy (non-hydrogen) atoms. The predicted molar refractivity (Wildman–Crippen MR) is 76.3 cm³/mol. The van der Waals surface area contributed by atoms with Crippen LogP contribution in [0.25, 0.3) is 0 Å². The zero-order valence-electron chi connectivity index (χ0n) is 11.4. The standard InChI is InChI=1S/C13H17ClN2O4/c1-9-3-4-10(14)11(7-9)15-13(19)16(5-6-20-2)8-12(17)18/h3-4,7H,5-6,8H2,1-2H3,(H,15,19)(H,17,18). The molecule has 0 heterocycles. The average Bonchev–Trinajstić information content (AvgIpc) is 2.38. The maximum Gasteiger partial charge on any atom is 0.323 e. The van der Waals surface area contributed by atoms with E-state index in [4.69, 9.17) is 21.4 Å². The molecule has 2 amide bonds. The summed E-state index contributed by atoms with van der Waals surface area (Å²) < 4.78 is 4.86. The Hall–Kier alpha value is -1.79. The summed E-state index contributed by atoms with van der Waals surface area (Å²) in [6.07, 6.45) is 0. The van der Waals surface area contributed by atoms with Crippen LogP contribution in [0.1, 0.15) is 5.56 Å². The Morgan fingerprint density at radius 3 is 2.75 bits per heavy atom. The summed E-state index contributed by atoms with van der Waals surface area (Å²) in [5, 5.41) is 11.8. The van der Waals surface area contributed by atoms with Gasteiger partial charge in [0.25, 0.3) is 0 Å². The number of carboxylic acids is 1. The van der Waals surface area contributed by atoms with Gasteiger partial charge in [0.2, 0.25) is 0 Å². The predicted octanol–water partition coefficient (Wildman–Crippen LogP) is 2.21. The summed E-state index contributed by atoms with van der Waals surface area (Å²) in [7, 11) is 1.48. The van der Waals surface area contributed by atoms with Crippen molar-refractivity contribution in [2.24, 2.45) is 0 Å². The Morgan fingerprint density at radius 1 is 1.45 bits per heavy atom. The van der Waals surface area contributed by atoms with E-state index in [0.29, 0.717) is 10.7 Å². The fourth-order valence-corrected chi connectivity index (χ4v) is 1.71. The molecular formula is C13H17ClN2O4. The SMILES string of the molecule is COCCN(CC(=O)O)C(=O)Nc1cc(C)ccc1Cl. The number of amides is 2. The number of benzene rings is 1. The lowest BCUT2D eigenvalue weighted by Crippen LogP contribution is -2.40. The van der Waals surface area contributed by atoms with E-state index >= 15 is 0 Å². The fourth-order valence-electron chi connectivity index (χ4n) is 1.55. The lowest BCUT2D eigenvalue weighted by Gasteiger charge is -2.21. The minimum Gasteiger partial charge on any atom is -0.480 e. The van der Waals surface area contributed by atoms with Crippen LogP contribution < -0.4 is 5.32 Å². The topological polar surface area (TPSA) is 78.9 Å². The van der Waals surface area contributed by atoms with Crippen molar-refractivity contribution in [3.05, 3.63) is 28.8 Å². The number of nitrogens with zero attached hydrogens (tertiary/aromatic N) is 1. The number of rotatable bonds is 6. The third kappa shape index (κ3) is 5.07. The van der Waals surface area contributed by atoms with Crippen LogP contribution in [0.5, 0.6) is 0 Å². The van der Waals surface area contributed by atoms with Crippen molar-refractivity contribution in [3.8, 4) is 0 Å². The number of halogens is 1. The lowest BCUT2D eigenvalue weighted by molar-refractivity contribution is -0.137. The zero-order valence-corrected chi connectivity index (χ0v) is 12.1. The molecule has 0 saturated heterocycles. The van der Waals surface area contributed by atoms with Crippen LogP contribution in [0.2, 0.25) is 5.02 Å². The molecule has 0 saturated carbocycles. The van der Waals surface area contributed by atoms with Gasteiger partial charge in [0, 0.05) is 13.7 Å². The van der Waals surface area contributed by atoms with Crippen molar-refractivity contribution in [2.75, 3.05) is 32.1 Å². The molecule has 0 fully saturated rings. The Morgan fingerprint density at radius 2 is 2.15 bits per heavy atom. The molecule has 7 heteroatoms. The number of carboxylic acid groups (broad SMARTS) is 1. The van der Waals surface area contributed by atoms with Gasteiger partial charge in [0.1, 0.15) is 6.54 Å². The van der Waals surface area contributed by atoms with Gasteiger partial charge in [0.05, 0.1) is 17.3 Å². The van der Waals surface area contributed by atoms with E-state index in [9.17, 15) is 9.59 Å². The van der Waals surface area contributed by atoms with Crippen LogP contribution in [0.4, 0.5) is 10.5 Å². The Labute approximate surface area is 122 Å². The van der Waals surface area contributed by atoms with Gasteiger partial charge in [0.15, 0.2) is 0 Å². The lowest BCUT2D eigenvalue weighted by atomic mass is 10.2. The van der Waals surface area contributed by atoms with Crippen LogP contribution >= 0.6 is 11.6 Å².